The molecular weight excluding hydrogens is 200 g/mol. The van der Waals surface area contributed by atoms with Crippen molar-refractivity contribution in [3.8, 4) is 11.3 Å². The first-order valence-electron chi connectivity index (χ1n) is 5.22. The summed E-state index contributed by atoms with van der Waals surface area (Å²) in [5.41, 5.74) is 1.18. The van der Waals surface area contributed by atoms with Crippen molar-refractivity contribution in [1.82, 2.24) is 0 Å². The molecule has 2 heteroatoms. The van der Waals surface area contributed by atoms with Crippen molar-refractivity contribution < 1.29 is 4.42 Å². The van der Waals surface area contributed by atoms with Gasteiger partial charge in [-0.1, -0.05) is 50.0 Å². The minimum absolute atomic E-state index is 1.05. The van der Waals surface area contributed by atoms with E-state index in [1.165, 1.54) is 10.8 Å². The Morgan fingerprint density at radius 3 is 2.20 bits per heavy atom. The van der Waals surface area contributed by atoms with Crippen LogP contribution in [0.15, 0.2) is 47.1 Å². The quantitative estimate of drug-likeness (QED) is 0.700. The molecule has 78 valence electrons. The van der Waals surface area contributed by atoms with E-state index in [0.717, 1.165) is 5.76 Å². The van der Waals surface area contributed by atoms with E-state index in [0.29, 0.717) is 0 Å². The first-order valence-corrected chi connectivity index (χ1v) is 8.72. The Balaban J connectivity index is 2.51. The van der Waals surface area contributed by atoms with Gasteiger partial charge >= 0.3 is 0 Å². The molecule has 1 heterocycles. The summed E-state index contributed by atoms with van der Waals surface area (Å²) in [6.45, 7) is 7.01. The first-order chi connectivity index (χ1) is 7.09. The molecule has 0 atom stereocenters. The van der Waals surface area contributed by atoms with Crippen LogP contribution in [-0.4, -0.2) is 8.07 Å². The molecule has 2 rings (SSSR count). The second kappa shape index (κ2) is 3.70. The number of hydrogen-bond acceptors (Lipinski definition) is 1. The van der Waals surface area contributed by atoms with E-state index in [2.05, 4.69) is 37.8 Å². The van der Waals surface area contributed by atoms with Crippen LogP contribution in [0.5, 0.6) is 0 Å². The maximum atomic E-state index is 5.61. The van der Waals surface area contributed by atoms with Gasteiger partial charge in [-0.15, -0.1) is 0 Å². The van der Waals surface area contributed by atoms with Gasteiger partial charge in [-0.05, 0) is 11.3 Å². The minimum Gasteiger partial charge on any atom is -0.465 e. The zero-order valence-corrected chi connectivity index (χ0v) is 10.4. The number of rotatable bonds is 2. The summed E-state index contributed by atoms with van der Waals surface area (Å²) in [7, 11) is -1.30. The normalized spacial score (nSPS) is 11.7. The van der Waals surface area contributed by atoms with Crippen molar-refractivity contribution in [3.63, 3.8) is 0 Å². The molecule has 0 radical (unpaired) electrons. The highest BCUT2D eigenvalue weighted by atomic mass is 28.3. The molecule has 0 saturated carbocycles. The molecule has 0 amide bonds. The van der Waals surface area contributed by atoms with Gasteiger partial charge in [-0.3, -0.25) is 0 Å². The average molecular weight is 216 g/mol. The van der Waals surface area contributed by atoms with E-state index in [9.17, 15) is 0 Å². The molecule has 0 aliphatic carbocycles. The molecule has 1 aromatic heterocycles. The molecule has 0 aliphatic heterocycles. The van der Waals surface area contributed by atoms with E-state index in [1.807, 2.05) is 18.2 Å². The van der Waals surface area contributed by atoms with Gasteiger partial charge in [0, 0.05) is 5.56 Å². The third-order valence-corrected chi connectivity index (χ3v) is 4.52. The van der Waals surface area contributed by atoms with Crippen LogP contribution in [0.4, 0.5) is 0 Å². The fraction of sp³-hybridized carbons (Fsp3) is 0.231. The maximum absolute atomic E-state index is 5.61. The lowest BCUT2D eigenvalue weighted by Gasteiger charge is -2.15. The highest BCUT2D eigenvalue weighted by Crippen LogP contribution is 2.20. The highest BCUT2D eigenvalue weighted by molar-refractivity contribution is 6.89. The molecular formula is C13H16OSi. The Morgan fingerprint density at radius 2 is 1.60 bits per heavy atom. The molecule has 2 aromatic rings. The Labute approximate surface area is 91.8 Å². The standard InChI is InChI=1S/C13H16OSi/c1-15(2,3)12-9-10-14-13(12)11-7-5-4-6-8-11/h4-10H,1-3H3. The van der Waals surface area contributed by atoms with Crippen molar-refractivity contribution in [2.75, 3.05) is 0 Å². The van der Waals surface area contributed by atoms with Crippen molar-refractivity contribution >= 4 is 13.3 Å². The molecule has 0 N–H and O–H groups in total. The van der Waals surface area contributed by atoms with E-state index in [1.54, 1.807) is 6.26 Å². The zero-order chi connectivity index (χ0) is 10.9. The monoisotopic (exact) mass is 216 g/mol. The average Bonchev–Trinajstić information content (AvgIpc) is 2.67. The third kappa shape index (κ3) is 2.05. The Kier molecular flexibility index (Phi) is 2.53. The molecule has 0 bridgehead atoms. The van der Waals surface area contributed by atoms with Crippen molar-refractivity contribution in [3.05, 3.63) is 42.7 Å². The second-order valence-corrected chi connectivity index (χ2v) is 9.82. The second-order valence-electron chi connectivity index (χ2n) is 4.78. The fourth-order valence-electron chi connectivity index (χ4n) is 1.71. The molecule has 0 spiro atoms. The van der Waals surface area contributed by atoms with Gasteiger partial charge in [-0.25, -0.2) is 0 Å². The van der Waals surface area contributed by atoms with E-state index >= 15 is 0 Å². The molecule has 15 heavy (non-hydrogen) atoms. The van der Waals surface area contributed by atoms with Gasteiger partial charge in [0.1, 0.15) is 5.76 Å². The number of hydrogen-bond donors (Lipinski definition) is 0. The number of benzene rings is 1. The van der Waals surface area contributed by atoms with Crippen LogP contribution in [0.1, 0.15) is 0 Å². The summed E-state index contributed by atoms with van der Waals surface area (Å²) >= 11 is 0. The first kappa shape index (κ1) is 10.2. The Hall–Kier alpha value is -1.28. The van der Waals surface area contributed by atoms with Crippen LogP contribution in [0.3, 0.4) is 0 Å². The summed E-state index contributed by atoms with van der Waals surface area (Å²) in [4.78, 5) is 0. The van der Waals surface area contributed by atoms with Gasteiger partial charge in [0.15, 0.2) is 0 Å². The SMILES string of the molecule is C[Si](C)(C)c1ccoc1-c1ccccc1. The lowest BCUT2D eigenvalue weighted by molar-refractivity contribution is 0.583. The predicted molar refractivity (Wildman–Crippen MR) is 67.1 cm³/mol. The van der Waals surface area contributed by atoms with Crippen molar-refractivity contribution in [2.24, 2.45) is 0 Å². The topological polar surface area (TPSA) is 13.1 Å². The zero-order valence-electron chi connectivity index (χ0n) is 9.45. The third-order valence-electron chi connectivity index (χ3n) is 2.51. The number of furan rings is 1. The van der Waals surface area contributed by atoms with Gasteiger partial charge in [-0.2, -0.15) is 0 Å². The van der Waals surface area contributed by atoms with Gasteiger partial charge < -0.3 is 4.42 Å². The maximum Gasteiger partial charge on any atom is 0.133 e. The van der Waals surface area contributed by atoms with Gasteiger partial charge in [0.2, 0.25) is 0 Å². The van der Waals surface area contributed by atoms with Crippen molar-refractivity contribution in [2.45, 2.75) is 19.6 Å². The van der Waals surface area contributed by atoms with Gasteiger partial charge in [0.05, 0.1) is 14.3 Å². The fourth-order valence-corrected chi connectivity index (χ4v) is 3.17. The largest absolute Gasteiger partial charge is 0.465 e. The van der Waals surface area contributed by atoms with E-state index in [4.69, 9.17) is 4.42 Å². The molecule has 1 aromatic carbocycles. The highest BCUT2D eigenvalue weighted by Gasteiger charge is 2.22. The molecule has 0 unspecified atom stereocenters. The van der Waals surface area contributed by atoms with E-state index < -0.39 is 8.07 Å². The molecule has 0 aliphatic rings. The van der Waals surface area contributed by atoms with Crippen LogP contribution in [0, 0.1) is 0 Å². The Morgan fingerprint density at radius 1 is 0.933 bits per heavy atom. The lowest BCUT2D eigenvalue weighted by atomic mass is 10.2. The summed E-state index contributed by atoms with van der Waals surface area (Å²) < 4.78 is 5.61. The lowest BCUT2D eigenvalue weighted by Crippen LogP contribution is -2.37. The summed E-state index contributed by atoms with van der Waals surface area (Å²) in [6, 6.07) is 12.4. The smallest absolute Gasteiger partial charge is 0.133 e. The Bertz CT molecular complexity index is 437. The molecule has 1 nitrogen and oxygen atoms in total. The minimum atomic E-state index is -1.30. The predicted octanol–water partition coefficient (Wildman–Crippen LogP) is 3.49. The summed E-state index contributed by atoms with van der Waals surface area (Å²) in [6.07, 6.45) is 1.80. The van der Waals surface area contributed by atoms with Crippen LogP contribution in [0.25, 0.3) is 11.3 Å². The summed E-state index contributed by atoms with van der Waals surface area (Å²) in [5, 5.41) is 1.40. The summed E-state index contributed by atoms with van der Waals surface area (Å²) in [5.74, 6) is 1.05. The molecule has 0 fully saturated rings. The van der Waals surface area contributed by atoms with Crippen LogP contribution in [0.2, 0.25) is 19.6 Å². The van der Waals surface area contributed by atoms with Crippen LogP contribution < -0.4 is 5.19 Å². The van der Waals surface area contributed by atoms with Gasteiger partial charge in [0.25, 0.3) is 0 Å². The van der Waals surface area contributed by atoms with Crippen LogP contribution in [-0.2, 0) is 0 Å². The van der Waals surface area contributed by atoms with Crippen LogP contribution >= 0.6 is 0 Å². The van der Waals surface area contributed by atoms with Crippen molar-refractivity contribution in [1.29, 1.82) is 0 Å². The molecule has 0 saturated heterocycles. The van der Waals surface area contributed by atoms with E-state index in [-0.39, 0.29) is 0 Å².